The highest BCUT2D eigenvalue weighted by Gasteiger charge is 2.12. The minimum Gasteiger partial charge on any atom is -0.385 e. The molecule has 0 aliphatic heterocycles. The summed E-state index contributed by atoms with van der Waals surface area (Å²) in [4.78, 5) is 16.7. The number of pyridine rings is 1. The standard InChI is InChI=1S/C19H18ClN3O/c20-15-12-14-6-4-9-22-18(14)17(13-15)19(24)23-11-5-10-21-16-7-2-1-3-8-16/h1-4,6-9,12-13,21H,5,10-11H2,(H,23,24). The van der Waals surface area contributed by atoms with E-state index in [0.717, 1.165) is 24.0 Å². The van der Waals surface area contributed by atoms with Crippen LogP contribution in [0.2, 0.25) is 5.02 Å². The monoisotopic (exact) mass is 339 g/mol. The van der Waals surface area contributed by atoms with E-state index in [9.17, 15) is 4.79 Å². The van der Waals surface area contributed by atoms with Gasteiger partial charge in [0.1, 0.15) is 0 Å². The number of hydrogen-bond acceptors (Lipinski definition) is 3. The van der Waals surface area contributed by atoms with Crippen LogP contribution in [0.3, 0.4) is 0 Å². The van der Waals surface area contributed by atoms with E-state index in [4.69, 9.17) is 11.6 Å². The zero-order valence-corrected chi connectivity index (χ0v) is 13.9. The average Bonchev–Trinajstić information content (AvgIpc) is 2.61. The lowest BCUT2D eigenvalue weighted by Crippen LogP contribution is -2.26. The second-order valence-corrected chi connectivity index (χ2v) is 5.87. The third-order valence-corrected chi connectivity index (χ3v) is 3.87. The van der Waals surface area contributed by atoms with E-state index in [2.05, 4.69) is 15.6 Å². The van der Waals surface area contributed by atoms with Crippen molar-refractivity contribution in [1.29, 1.82) is 0 Å². The normalized spacial score (nSPS) is 10.5. The van der Waals surface area contributed by atoms with Crippen molar-refractivity contribution in [2.75, 3.05) is 18.4 Å². The topological polar surface area (TPSA) is 54.0 Å². The Hall–Kier alpha value is -2.59. The number of para-hydroxylation sites is 1. The summed E-state index contributed by atoms with van der Waals surface area (Å²) >= 11 is 6.10. The summed E-state index contributed by atoms with van der Waals surface area (Å²) in [5.41, 5.74) is 2.25. The van der Waals surface area contributed by atoms with E-state index in [0.29, 0.717) is 22.6 Å². The number of carbonyl (C=O) groups excluding carboxylic acids is 1. The maximum absolute atomic E-state index is 12.4. The molecule has 3 aromatic rings. The van der Waals surface area contributed by atoms with Gasteiger partial charge in [0, 0.05) is 35.4 Å². The van der Waals surface area contributed by atoms with Crippen LogP contribution >= 0.6 is 11.6 Å². The first-order valence-electron chi connectivity index (χ1n) is 7.85. The molecule has 24 heavy (non-hydrogen) atoms. The third-order valence-electron chi connectivity index (χ3n) is 3.66. The van der Waals surface area contributed by atoms with Gasteiger partial charge >= 0.3 is 0 Å². The average molecular weight is 340 g/mol. The van der Waals surface area contributed by atoms with Crippen LogP contribution in [0.5, 0.6) is 0 Å². The highest BCUT2D eigenvalue weighted by molar-refractivity contribution is 6.32. The van der Waals surface area contributed by atoms with Gasteiger partial charge in [-0.15, -0.1) is 0 Å². The summed E-state index contributed by atoms with van der Waals surface area (Å²) < 4.78 is 0. The Morgan fingerprint density at radius 2 is 1.88 bits per heavy atom. The number of amides is 1. The van der Waals surface area contributed by atoms with Gasteiger partial charge in [0.15, 0.2) is 0 Å². The quantitative estimate of drug-likeness (QED) is 0.664. The maximum atomic E-state index is 12.4. The summed E-state index contributed by atoms with van der Waals surface area (Å²) in [5, 5.41) is 7.63. The van der Waals surface area contributed by atoms with Gasteiger partial charge in [-0.1, -0.05) is 35.9 Å². The molecule has 0 aliphatic carbocycles. The smallest absolute Gasteiger partial charge is 0.253 e. The molecule has 5 heteroatoms. The van der Waals surface area contributed by atoms with Crippen LogP contribution in [0.15, 0.2) is 60.8 Å². The Labute approximate surface area is 145 Å². The van der Waals surface area contributed by atoms with E-state index in [1.54, 1.807) is 12.3 Å². The predicted octanol–water partition coefficient (Wildman–Crippen LogP) is 4.12. The first kappa shape index (κ1) is 16.3. The van der Waals surface area contributed by atoms with Crippen molar-refractivity contribution in [2.24, 2.45) is 0 Å². The van der Waals surface area contributed by atoms with Crippen LogP contribution in [0.25, 0.3) is 10.9 Å². The minimum atomic E-state index is -0.152. The molecular formula is C19H18ClN3O. The molecule has 0 radical (unpaired) electrons. The van der Waals surface area contributed by atoms with Crippen molar-refractivity contribution in [1.82, 2.24) is 10.3 Å². The minimum absolute atomic E-state index is 0.152. The van der Waals surface area contributed by atoms with Crippen molar-refractivity contribution in [2.45, 2.75) is 6.42 Å². The van der Waals surface area contributed by atoms with E-state index >= 15 is 0 Å². The van der Waals surface area contributed by atoms with Gasteiger partial charge in [-0.3, -0.25) is 9.78 Å². The number of nitrogens with zero attached hydrogens (tertiary/aromatic N) is 1. The predicted molar refractivity (Wildman–Crippen MR) is 98.6 cm³/mol. The van der Waals surface area contributed by atoms with Gasteiger partial charge in [0.25, 0.3) is 5.91 Å². The number of anilines is 1. The van der Waals surface area contributed by atoms with E-state index in [1.165, 1.54) is 0 Å². The Kier molecular flexibility index (Phi) is 5.29. The van der Waals surface area contributed by atoms with Crippen molar-refractivity contribution in [3.05, 3.63) is 71.4 Å². The Bertz CT molecular complexity index is 836. The highest BCUT2D eigenvalue weighted by Crippen LogP contribution is 2.22. The van der Waals surface area contributed by atoms with Gasteiger partial charge < -0.3 is 10.6 Å². The number of hydrogen-bond donors (Lipinski definition) is 2. The number of fused-ring (bicyclic) bond motifs is 1. The molecule has 1 amide bonds. The van der Waals surface area contributed by atoms with Crippen molar-refractivity contribution < 1.29 is 4.79 Å². The van der Waals surface area contributed by atoms with E-state index in [-0.39, 0.29) is 5.91 Å². The van der Waals surface area contributed by atoms with Gasteiger partial charge in [-0.05, 0) is 36.8 Å². The second kappa shape index (κ2) is 7.79. The van der Waals surface area contributed by atoms with E-state index < -0.39 is 0 Å². The fourth-order valence-corrected chi connectivity index (χ4v) is 2.73. The number of carbonyl (C=O) groups is 1. The molecular weight excluding hydrogens is 322 g/mol. The molecule has 0 spiro atoms. The van der Waals surface area contributed by atoms with Crippen LogP contribution in [0, 0.1) is 0 Å². The van der Waals surface area contributed by atoms with Crippen LogP contribution in [0.4, 0.5) is 5.69 Å². The number of aromatic nitrogens is 1. The first-order valence-corrected chi connectivity index (χ1v) is 8.23. The molecule has 0 saturated heterocycles. The lowest BCUT2D eigenvalue weighted by molar-refractivity contribution is 0.0955. The van der Waals surface area contributed by atoms with Crippen molar-refractivity contribution in [3.8, 4) is 0 Å². The molecule has 4 nitrogen and oxygen atoms in total. The lowest BCUT2D eigenvalue weighted by atomic mass is 10.1. The second-order valence-electron chi connectivity index (χ2n) is 5.43. The fourth-order valence-electron chi connectivity index (χ4n) is 2.50. The Morgan fingerprint density at radius 1 is 1.04 bits per heavy atom. The summed E-state index contributed by atoms with van der Waals surface area (Å²) in [6.07, 6.45) is 2.50. The SMILES string of the molecule is O=C(NCCCNc1ccccc1)c1cc(Cl)cc2cccnc12. The van der Waals surface area contributed by atoms with Crippen LogP contribution in [0.1, 0.15) is 16.8 Å². The zero-order chi connectivity index (χ0) is 16.8. The largest absolute Gasteiger partial charge is 0.385 e. The molecule has 0 atom stereocenters. The van der Waals surface area contributed by atoms with Gasteiger partial charge in [0.2, 0.25) is 0 Å². The molecule has 0 unspecified atom stereocenters. The molecule has 2 aromatic carbocycles. The number of halogens is 1. The summed E-state index contributed by atoms with van der Waals surface area (Å²) in [6.45, 7) is 1.37. The summed E-state index contributed by atoms with van der Waals surface area (Å²) in [6, 6.07) is 17.2. The molecule has 0 bridgehead atoms. The molecule has 2 N–H and O–H groups in total. The fraction of sp³-hybridized carbons (Fsp3) is 0.158. The molecule has 0 aliphatic rings. The van der Waals surface area contributed by atoms with Gasteiger partial charge in [0.05, 0.1) is 11.1 Å². The molecule has 0 fully saturated rings. The molecule has 1 heterocycles. The van der Waals surface area contributed by atoms with Crippen LogP contribution in [-0.4, -0.2) is 24.0 Å². The zero-order valence-electron chi connectivity index (χ0n) is 13.1. The van der Waals surface area contributed by atoms with Gasteiger partial charge in [-0.2, -0.15) is 0 Å². The number of benzene rings is 2. The first-order chi connectivity index (χ1) is 11.7. The Morgan fingerprint density at radius 3 is 2.71 bits per heavy atom. The lowest BCUT2D eigenvalue weighted by Gasteiger charge is -2.09. The van der Waals surface area contributed by atoms with E-state index in [1.807, 2.05) is 48.5 Å². The maximum Gasteiger partial charge on any atom is 0.253 e. The van der Waals surface area contributed by atoms with Gasteiger partial charge in [-0.25, -0.2) is 0 Å². The molecule has 1 aromatic heterocycles. The summed E-state index contributed by atoms with van der Waals surface area (Å²) in [5.74, 6) is -0.152. The molecule has 0 saturated carbocycles. The van der Waals surface area contributed by atoms with Crippen LogP contribution < -0.4 is 10.6 Å². The highest BCUT2D eigenvalue weighted by atomic mass is 35.5. The van der Waals surface area contributed by atoms with Crippen molar-refractivity contribution in [3.63, 3.8) is 0 Å². The molecule has 122 valence electrons. The Balaban J connectivity index is 1.56. The third kappa shape index (κ3) is 4.03. The van der Waals surface area contributed by atoms with Crippen molar-refractivity contribution >= 4 is 34.1 Å². The number of rotatable bonds is 6. The number of nitrogens with one attached hydrogen (secondary N) is 2. The molecule has 3 rings (SSSR count). The summed E-state index contributed by atoms with van der Waals surface area (Å²) in [7, 11) is 0. The van der Waals surface area contributed by atoms with Crippen LogP contribution in [-0.2, 0) is 0 Å².